The van der Waals surface area contributed by atoms with Gasteiger partial charge in [-0.3, -0.25) is 9.63 Å². The Morgan fingerprint density at radius 2 is 1.77 bits per heavy atom. The number of likely N-dealkylation sites (tertiary alicyclic amines) is 1. The molecule has 3 aliphatic rings. The number of fused-ring (bicyclic) bond motifs is 1. The predicted molar refractivity (Wildman–Crippen MR) is 161 cm³/mol. The summed E-state index contributed by atoms with van der Waals surface area (Å²) in [6, 6.07) is 10.4. The highest BCUT2D eigenvalue weighted by Crippen LogP contribution is 2.51. The van der Waals surface area contributed by atoms with Crippen molar-refractivity contribution in [1.82, 2.24) is 19.9 Å². The van der Waals surface area contributed by atoms with Crippen LogP contribution < -0.4 is 0 Å². The molecule has 43 heavy (non-hydrogen) atoms. The lowest BCUT2D eigenvalue weighted by Gasteiger charge is -2.40. The second kappa shape index (κ2) is 12.0. The van der Waals surface area contributed by atoms with Gasteiger partial charge >= 0.3 is 0 Å². The third kappa shape index (κ3) is 5.79. The Morgan fingerprint density at radius 3 is 2.42 bits per heavy atom. The van der Waals surface area contributed by atoms with E-state index in [-0.39, 0.29) is 43.2 Å². The van der Waals surface area contributed by atoms with Crippen LogP contribution in [0.15, 0.2) is 48.8 Å². The number of rotatable bonds is 10. The van der Waals surface area contributed by atoms with Crippen LogP contribution in [0.4, 0.5) is 4.39 Å². The quantitative estimate of drug-likeness (QED) is 0.284. The smallest absolute Gasteiger partial charge is 0.281 e. The summed E-state index contributed by atoms with van der Waals surface area (Å²) in [5, 5.41) is 23.4. The van der Waals surface area contributed by atoms with Crippen LogP contribution in [0.2, 0.25) is 10.0 Å². The number of carbonyl (C=O) groups is 1. The molecule has 2 aromatic carbocycles. The van der Waals surface area contributed by atoms with Gasteiger partial charge in [-0.15, -0.1) is 0 Å². The number of nitrogens with zero attached hydrogens (tertiary/aromatic N) is 4. The second-order valence-electron chi connectivity index (χ2n) is 12.1. The van der Waals surface area contributed by atoms with Crippen molar-refractivity contribution in [2.24, 2.45) is 5.41 Å². The Kier molecular flexibility index (Phi) is 8.49. The molecule has 3 heterocycles. The molecule has 11 heteroatoms. The maximum absolute atomic E-state index is 18.1. The minimum atomic E-state index is -2.71. The summed E-state index contributed by atoms with van der Waals surface area (Å²) < 4.78 is 18.1. The molecule has 0 bridgehead atoms. The molecule has 228 valence electrons. The Hall–Kier alpha value is -2.66. The van der Waals surface area contributed by atoms with E-state index in [1.54, 1.807) is 24.3 Å². The van der Waals surface area contributed by atoms with Crippen LogP contribution in [0.5, 0.6) is 0 Å². The number of aromatic nitrogens is 2. The summed E-state index contributed by atoms with van der Waals surface area (Å²) in [6.07, 6.45) is 5.78. The van der Waals surface area contributed by atoms with Crippen LogP contribution in [-0.2, 0) is 17.1 Å². The molecule has 1 saturated carbocycles. The van der Waals surface area contributed by atoms with E-state index in [0.29, 0.717) is 39.8 Å². The molecule has 3 atom stereocenters. The lowest BCUT2D eigenvalue weighted by molar-refractivity contribution is -0.269. The van der Waals surface area contributed by atoms with Crippen molar-refractivity contribution in [3.8, 4) is 11.1 Å². The average molecular weight is 630 g/mol. The molecule has 2 unspecified atom stereocenters. The van der Waals surface area contributed by atoms with Crippen LogP contribution in [0.3, 0.4) is 0 Å². The van der Waals surface area contributed by atoms with Crippen LogP contribution in [-0.4, -0.2) is 75.0 Å². The van der Waals surface area contributed by atoms with E-state index in [9.17, 15) is 15.0 Å². The van der Waals surface area contributed by atoms with E-state index in [1.165, 1.54) is 12.4 Å². The molecule has 8 nitrogen and oxygen atoms in total. The van der Waals surface area contributed by atoms with Gasteiger partial charge in [0.1, 0.15) is 11.9 Å². The molecule has 1 amide bonds. The molecule has 1 aliphatic carbocycles. The predicted octanol–water partition coefficient (Wildman–Crippen LogP) is 5.56. The highest BCUT2D eigenvalue weighted by molar-refractivity contribution is 6.30. The number of halogens is 3. The minimum absolute atomic E-state index is 0.0371. The number of hydrogen-bond acceptors (Lipinski definition) is 7. The molecular weight excluding hydrogens is 594 g/mol. The zero-order chi connectivity index (χ0) is 30.4. The Balaban J connectivity index is 1.50. The number of piperidine rings is 1. The van der Waals surface area contributed by atoms with E-state index in [2.05, 4.69) is 14.9 Å². The standard InChI is InChI=1S/C32H35Cl2FN4O4/c1-38-13-3-2-4-23(38)14-27(41)32(35)29-25(30(42)39(32)43-19-31(18-40)11-12-31)10-9-24(20-5-7-21(33)8-6-20)26(29)15-28-36-16-22(34)17-37-28/h5-10,16-17,23,27,40-41H,2-4,11-15,18-19H2,1H3/t23?,27?,32-/m1/s1. The molecule has 2 aliphatic heterocycles. The van der Waals surface area contributed by atoms with Crippen molar-refractivity contribution < 1.29 is 24.2 Å². The van der Waals surface area contributed by atoms with Gasteiger partial charge in [-0.1, -0.05) is 47.8 Å². The van der Waals surface area contributed by atoms with Gasteiger partial charge in [0.2, 0.25) is 0 Å². The first-order valence-electron chi connectivity index (χ1n) is 14.7. The molecular formula is C32H35Cl2FN4O4. The first-order valence-corrected chi connectivity index (χ1v) is 15.4. The number of benzene rings is 2. The number of amides is 1. The lowest BCUT2D eigenvalue weighted by Crippen LogP contribution is -2.52. The third-order valence-corrected chi connectivity index (χ3v) is 9.64. The van der Waals surface area contributed by atoms with E-state index >= 15 is 4.39 Å². The zero-order valence-corrected chi connectivity index (χ0v) is 25.5. The molecule has 0 spiro atoms. The summed E-state index contributed by atoms with van der Waals surface area (Å²) >= 11 is 12.2. The third-order valence-electron chi connectivity index (χ3n) is 9.19. The molecule has 1 saturated heterocycles. The van der Waals surface area contributed by atoms with Gasteiger partial charge < -0.3 is 15.1 Å². The number of aliphatic hydroxyl groups is 2. The van der Waals surface area contributed by atoms with Gasteiger partial charge in [-0.2, -0.15) is 5.06 Å². The van der Waals surface area contributed by atoms with Crippen molar-refractivity contribution >= 4 is 29.1 Å². The van der Waals surface area contributed by atoms with Crippen LogP contribution in [0.25, 0.3) is 11.1 Å². The summed E-state index contributed by atoms with van der Waals surface area (Å²) in [5.74, 6) is -3.01. The van der Waals surface area contributed by atoms with Crippen LogP contribution in [0.1, 0.15) is 65.8 Å². The number of alkyl halides is 1. The molecule has 6 rings (SSSR count). The van der Waals surface area contributed by atoms with Crippen molar-refractivity contribution in [2.45, 2.75) is 62.9 Å². The van der Waals surface area contributed by atoms with Gasteiger partial charge in [0.25, 0.3) is 11.7 Å². The number of hydroxylamine groups is 2. The number of carbonyl (C=O) groups excluding carboxylic acids is 1. The Bertz CT molecular complexity index is 1490. The van der Waals surface area contributed by atoms with Crippen molar-refractivity contribution in [3.05, 3.63) is 81.4 Å². The number of aliphatic hydroxyl groups excluding tert-OH is 2. The molecule has 2 N–H and O–H groups in total. The molecule has 1 aromatic heterocycles. The topological polar surface area (TPSA) is 99.0 Å². The first kappa shape index (κ1) is 30.4. The van der Waals surface area contributed by atoms with Gasteiger partial charge in [0.15, 0.2) is 0 Å². The molecule has 0 radical (unpaired) electrons. The van der Waals surface area contributed by atoms with E-state index < -0.39 is 23.2 Å². The molecule has 3 aromatic rings. The SMILES string of the molecule is CN1CCCCC1CC(O)[C@]1(F)c2c(ccc(-c3ccc(Cl)cc3)c2Cc2ncc(Cl)cn2)C(=O)N1OCC1(CO)CC1. The minimum Gasteiger partial charge on any atom is -0.396 e. The highest BCUT2D eigenvalue weighted by Gasteiger charge is 2.59. The van der Waals surface area contributed by atoms with Gasteiger partial charge in [-0.05, 0) is 80.6 Å². The largest absolute Gasteiger partial charge is 0.396 e. The van der Waals surface area contributed by atoms with Gasteiger partial charge in [-0.25, -0.2) is 14.4 Å². The van der Waals surface area contributed by atoms with E-state index in [0.717, 1.165) is 36.4 Å². The zero-order valence-electron chi connectivity index (χ0n) is 24.0. The van der Waals surface area contributed by atoms with Crippen LogP contribution >= 0.6 is 23.2 Å². The van der Waals surface area contributed by atoms with E-state index in [1.807, 2.05) is 19.2 Å². The Morgan fingerprint density at radius 1 is 1.07 bits per heavy atom. The summed E-state index contributed by atoms with van der Waals surface area (Å²) in [7, 11) is 1.98. The maximum Gasteiger partial charge on any atom is 0.281 e. The normalized spacial score (nSPS) is 23.8. The first-order chi connectivity index (χ1) is 20.6. The summed E-state index contributed by atoms with van der Waals surface area (Å²) in [4.78, 5) is 30.8. The van der Waals surface area contributed by atoms with Crippen molar-refractivity contribution in [2.75, 3.05) is 26.8 Å². The van der Waals surface area contributed by atoms with Crippen LogP contribution in [0, 0.1) is 5.41 Å². The van der Waals surface area contributed by atoms with Gasteiger partial charge in [0.05, 0.1) is 23.8 Å². The maximum atomic E-state index is 18.1. The molecule has 2 fully saturated rings. The summed E-state index contributed by atoms with van der Waals surface area (Å²) in [5.41, 5.74) is 1.50. The van der Waals surface area contributed by atoms with Crippen molar-refractivity contribution in [3.63, 3.8) is 0 Å². The summed E-state index contributed by atoms with van der Waals surface area (Å²) in [6.45, 7) is 0.687. The monoisotopic (exact) mass is 628 g/mol. The average Bonchev–Trinajstić information content (AvgIpc) is 3.75. The Labute approximate surface area is 260 Å². The lowest BCUT2D eigenvalue weighted by atomic mass is 9.83. The fourth-order valence-corrected chi connectivity index (χ4v) is 6.52. The fourth-order valence-electron chi connectivity index (χ4n) is 6.29. The highest BCUT2D eigenvalue weighted by atomic mass is 35.5. The van der Waals surface area contributed by atoms with E-state index in [4.69, 9.17) is 28.0 Å². The fraction of sp³-hybridized carbons (Fsp3) is 0.469. The number of hydrogen-bond donors (Lipinski definition) is 2. The van der Waals surface area contributed by atoms with Crippen molar-refractivity contribution in [1.29, 1.82) is 0 Å². The second-order valence-corrected chi connectivity index (χ2v) is 13.0. The van der Waals surface area contributed by atoms with Gasteiger partial charge in [0, 0.05) is 40.9 Å².